The van der Waals surface area contributed by atoms with Gasteiger partial charge < -0.3 is 4.98 Å². The number of H-pyrrole nitrogens is 1. The quantitative estimate of drug-likeness (QED) is 0.541. The lowest BCUT2D eigenvalue weighted by atomic mass is 10.1. The number of aromatic amines is 1. The lowest BCUT2D eigenvalue weighted by Crippen LogP contribution is -2.39. The number of hydrogen-bond donors (Lipinski definition) is 1. The number of unbranched alkanes of at least 4 members (excludes halogenated alkanes) is 7. The molecule has 2 rings (SSSR count). The minimum atomic E-state index is -0.293. The maximum atomic E-state index is 12.3. The third kappa shape index (κ3) is 4.21. The van der Waals surface area contributed by atoms with Crippen molar-refractivity contribution in [1.29, 1.82) is 0 Å². The number of aryl methyl sites for hydroxylation is 1. The van der Waals surface area contributed by atoms with Crippen LogP contribution in [0.25, 0.3) is 11.2 Å². The maximum Gasteiger partial charge on any atom is 0.332 e. The Hall–Kier alpha value is -2.11. The molecular weight excluding hydrogens is 292 g/mol. The molecule has 0 atom stereocenters. The molecule has 6 nitrogen and oxygen atoms in total. The van der Waals surface area contributed by atoms with E-state index in [0.29, 0.717) is 17.7 Å². The van der Waals surface area contributed by atoms with Gasteiger partial charge in [-0.05, 0) is 19.3 Å². The van der Waals surface area contributed by atoms with Crippen molar-refractivity contribution in [2.75, 3.05) is 0 Å². The third-order valence-electron chi connectivity index (χ3n) is 4.20. The van der Waals surface area contributed by atoms with Gasteiger partial charge in [0.05, 0.1) is 6.33 Å². The van der Waals surface area contributed by atoms with E-state index < -0.39 is 0 Å². The van der Waals surface area contributed by atoms with Gasteiger partial charge >= 0.3 is 5.69 Å². The van der Waals surface area contributed by atoms with Crippen LogP contribution in [-0.2, 0) is 13.6 Å². The normalized spacial score (nSPS) is 11.2. The van der Waals surface area contributed by atoms with Crippen LogP contribution in [0, 0.1) is 0 Å². The number of rotatable bonds is 10. The molecule has 0 spiro atoms. The van der Waals surface area contributed by atoms with Gasteiger partial charge in [-0.15, -0.1) is 6.58 Å². The van der Waals surface area contributed by atoms with E-state index in [1.54, 1.807) is 7.05 Å². The number of allylic oxidation sites excluding steroid dienone is 1. The van der Waals surface area contributed by atoms with Gasteiger partial charge in [0.1, 0.15) is 5.52 Å². The molecule has 0 aromatic carbocycles. The number of hydrogen-bond acceptors (Lipinski definition) is 3. The molecule has 126 valence electrons. The molecule has 0 amide bonds. The van der Waals surface area contributed by atoms with Crippen LogP contribution in [0.4, 0.5) is 0 Å². The molecule has 0 aliphatic heterocycles. The summed E-state index contributed by atoms with van der Waals surface area (Å²) in [5.74, 6) is 0. The van der Waals surface area contributed by atoms with Crippen LogP contribution in [0.1, 0.15) is 51.4 Å². The highest BCUT2D eigenvalue weighted by Crippen LogP contribution is 2.09. The Morgan fingerprint density at radius 2 is 1.78 bits per heavy atom. The van der Waals surface area contributed by atoms with Gasteiger partial charge in [-0.25, -0.2) is 9.78 Å². The monoisotopic (exact) mass is 318 g/mol. The lowest BCUT2D eigenvalue weighted by Gasteiger charge is -2.07. The van der Waals surface area contributed by atoms with Crippen LogP contribution < -0.4 is 11.2 Å². The van der Waals surface area contributed by atoms with E-state index >= 15 is 0 Å². The summed E-state index contributed by atoms with van der Waals surface area (Å²) in [5.41, 5.74) is 0.245. The van der Waals surface area contributed by atoms with E-state index in [4.69, 9.17) is 0 Å². The summed E-state index contributed by atoms with van der Waals surface area (Å²) in [5, 5.41) is 0. The van der Waals surface area contributed by atoms with Gasteiger partial charge in [-0.2, -0.15) is 0 Å². The standard InChI is InChI=1S/C17H26N4O2/c1-3-4-5-6-7-8-9-10-11-12-21-16(22)14-15(19-13-18-14)20(2)17(21)23/h3,13H,1,4-12H2,2H3,(H,18,19). The zero-order chi connectivity index (χ0) is 16.7. The van der Waals surface area contributed by atoms with Gasteiger partial charge in [0.25, 0.3) is 5.56 Å². The topological polar surface area (TPSA) is 72.7 Å². The molecule has 0 aliphatic rings. The first-order valence-electron chi connectivity index (χ1n) is 8.40. The second-order valence-electron chi connectivity index (χ2n) is 5.95. The Morgan fingerprint density at radius 3 is 2.48 bits per heavy atom. The maximum absolute atomic E-state index is 12.3. The van der Waals surface area contributed by atoms with Crippen molar-refractivity contribution >= 4 is 11.2 Å². The fourth-order valence-electron chi connectivity index (χ4n) is 2.83. The van der Waals surface area contributed by atoms with Crippen molar-refractivity contribution in [3.63, 3.8) is 0 Å². The summed E-state index contributed by atoms with van der Waals surface area (Å²) in [7, 11) is 1.64. The Labute approximate surface area is 135 Å². The molecule has 2 aromatic rings. The second-order valence-corrected chi connectivity index (χ2v) is 5.95. The van der Waals surface area contributed by atoms with Crippen LogP contribution in [0.5, 0.6) is 0 Å². The SMILES string of the molecule is C=CCCCCCCCCCn1c(=O)c2[nH]cnc2n(C)c1=O. The average Bonchev–Trinajstić information content (AvgIpc) is 3.04. The fourth-order valence-corrected chi connectivity index (χ4v) is 2.83. The molecule has 0 aliphatic carbocycles. The summed E-state index contributed by atoms with van der Waals surface area (Å²) >= 11 is 0. The van der Waals surface area contributed by atoms with E-state index in [2.05, 4.69) is 16.5 Å². The Bertz CT molecular complexity index is 754. The highest BCUT2D eigenvalue weighted by molar-refractivity contribution is 5.68. The van der Waals surface area contributed by atoms with Crippen molar-refractivity contribution in [3.05, 3.63) is 39.8 Å². The zero-order valence-corrected chi connectivity index (χ0v) is 13.9. The third-order valence-corrected chi connectivity index (χ3v) is 4.20. The van der Waals surface area contributed by atoms with E-state index in [0.717, 1.165) is 25.7 Å². The summed E-state index contributed by atoms with van der Waals surface area (Å²) in [6.07, 6.45) is 12.5. The Morgan fingerprint density at radius 1 is 1.13 bits per heavy atom. The molecule has 6 heteroatoms. The highest BCUT2D eigenvalue weighted by Gasteiger charge is 2.12. The zero-order valence-electron chi connectivity index (χ0n) is 13.9. The molecule has 0 radical (unpaired) electrons. The minimum Gasteiger partial charge on any atom is -0.339 e. The first-order chi connectivity index (χ1) is 11.2. The molecule has 2 heterocycles. The van der Waals surface area contributed by atoms with Crippen LogP contribution in [-0.4, -0.2) is 19.1 Å². The van der Waals surface area contributed by atoms with Crippen LogP contribution in [0.15, 0.2) is 28.6 Å². The first-order valence-corrected chi connectivity index (χ1v) is 8.40. The predicted octanol–water partition coefficient (Wildman–Crippen LogP) is 2.73. The molecule has 23 heavy (non-hydrogen) atoms. The summed E-state index contributed by atoms with van der Waals surface area (Å²) in [4.78, 5) is 31.4. The van der Waals surface area contributed by atoms with E-state index in [-0.39, 0.29) is 11.2 Å². The molecule has 0 saturated carbocycles. The highest BCUT2D eigenvalue weighted by atomic mass is 16.2. The summed E-state index contributed by atoms with van der Waals surface area (Å²) < 4.78 is 2.73. The molecule has 1 N–H and O–H groups in total. The Kier molecular flexibility index (Phi) is 6.38. The molecule has 0 fully saturated rings. The largest absolute Gasteiger partial charge is 0.339 e. The lowest BCUT2D eigenvalue weighted by molar-refractivity contribution is 0.521. The summed E-state index contributed by atoms with van der Waals surface area (Å²) in [6.45, 7) is 4.19. The van der Waals surface area contributed by atoms with Gasteiger partial charge in [0, 0.05) is 13.6 Å². The minimum absolute atomic E-state index is 0.273. The van der Waals surface area contributed by atoms with Crippen molar-refractivity contribution in [1.82, 2.24) is 19.1 Å². The number of fused-ring (bicyclic) bond motifs is 1. The molecule has 2 aromatic heterocycles. The van der Waals surface area contributed by atoms with Gasteiger partial charge in [0.15, 0.2) is 5.65 Å². The van der Waals surface area contributed by atoms with Crippen molar-refractivity contribution in [2.45, 2.75) is 57.9 Å². The van der Waals surface area contributed by atoms with Crippen molar-refractivity contribution < 1.29 is 0 Å². The van der Waals surface area contributed by atoms with Crippen molar-refractivity contribution in [2.24, 2.45) is 7.05 Å². The fraction of sp³-hybridized carbons (Fsp3) is 0.588. The smallest absolute Gasteiger partial charge is 0.332 e. The van der Waals surface area contributed by atoms with E-state index in [1.807, 2.05) is 6.08 Å². The van der Waals surface area contributed by atoms with Crippen LogP contribution >= 0.6 is 0 Å². The summed E-state index contributed by atoms with van der Waals surface area (Å²) in [6, 6.07) is 0. The Balaban J connectivity index is 1.82. The van der Waals surface area contributed by atoms with E-state index in [1.165, 1.54) is 41.1 Å². The predicted molar refractivity (Wildman–Crippen MR) is 92.7 cm³/mol. The number of nitrogens with one attached hydrogen (secondary N) is 1. The second kappa shape index (κ2) is 8.50. The first kappa shape index (κ1) is 17.2. The van der Waals surface area contributed by atoms with Crippen LogP contribution in [0.2, 0.25) is 0 Å². The van der Waals surface area contributed by atoms with Crippen LogP contribution in [0.3, 0.4) is 0 Å². The molecule has 0 bridgehead atoms. The van der Waals surface area contributed by atoms with E-state index in [9.17, 15) is 9.59 Å². The number of imidazole rings is 1. The van der Waals surface area contributed by atoms with Gasteiger partial charge in [-0.1, -0.05) is 38.2 Å². The molecule has 0 saturated heterocycles. The number of nitrogens with zero attached hydrogens (tertiary/aromatic N) is 3. The average molecular weight is 318 g/mol. The number of aromatic nitrogens is 4. The molecular formula is C17H26N4O2. The van der Waals surface area contributed by atoms with Gasteiger partial charge in [-0.3, -0.25) is 13.9 Å². The van der Waals surface area contributed by atoms with Crippen molar-refractivity contribution in [3.8, 4) is 0 Å². The van der Waals surface area contributed by atoms with Gasteiger partial charge in [0.2, 0.25) is 0 Å². The molecule has 0 unspecified atom stereocenters.